The van der Waals surface area contributed by atoms with E-state index in [9.17, 15) is 9.18 Å². The summed E-state index contributed by atoms with van der Waals surface area (Å²) in [4.78, 5) is 13.8. The molecule has 0 bridgehead atoms. The van der Waals surface area contributed by atoms with Crippen LogP contribution in [0.25, 0.3) is 0 Å². The minimum atomic E-state index is -0.508. The minimum absolute atomic E-state index is 0.266. The molecule has 1 aromatic rings. The van der Waals surface area contributed by atoms with E-state index in [1.54, 1.807) is 7.05 Å². The van der Waals surface area contributed by atoms with Gasteiger partial charge in [0.25, 0.3) is 0 Å². The Labute approximate surface area is 98.8 Å². The molecule has 0 radical (unpaired) electrons. The van der Waals surface area contributed by atoms with Crippen molar-refractivity contribution in [1.29, 1.82) is 0 Å². The van der Waals surface area contributed by atoms with Crippen LogP contribution in [0.15, 0.2) is 11.4 Å². The van der Waals surface area contributed by atoms with Crippen LogP contribution in [0.3, 0.4) is 0 Å². The highest BCUT2D eigenvalue weighted by Gasteiger charge is 2.19. The van der Waals surface area contributed by atoms with Gasteiger partial charge in [-0.25, -0.2) is 9.18 Å². The highest BCUT2D eigenvalue weighted by Crippen LogP contribution is 2.16. The second-order valence-electron chi connectivity index (χ2n) is 4.57. The third-order valence-corrected chi connectivity index (χ3v) is 2.61. The van der Waals surface area contributed by atoms with E-state index in [4.69, 9.17) is 4.74 Å². The van der Waals surface area contributed by atoms with Crippen molar-refractivity contribution in [2.45, 2.75) is 32.9 Å². The van der Waals surface area contributed by atoms with Gasteiger partial charge in [-0.2, -0.15) is 0 Å². The second-order valence-corrected chi connectivity index (χ2v) is 5.56. The lowest BCUT2D eigenvalue weighted by Crippen LogP contribution is -2.33. The lowest BCUT2D eigenvalue weighted by Gasteiger charge is -2.24. The fourth-order valence-electron chi connectivity index (χ4n) is 1.07. The van der Waals surface area contributed by atoms with Gasteiger partial charge in [0.05, 0.1) is 6.54 Å². The van der Waals surface area contributed by atoms with E-state index < -0.39 is 11.7 Å². The van der Waals surface area contributed by atoms with Gasteiger partial charge in [0.2, 0.25) is 0 Å². The molecule has 0 saturated heterocycles. The average Bonchev–Trinajstić information content (AvgIpc) is 2.48. The van der Waals surface area contributed by atoms with Crippen LogP contribution >= 0.6 is 11.3 Å². The molecule has 0 aliphatic heterocycles. The highest BCUT2D eigenvalue weighted by atomic mass is 32.1. The Hall–Kier alpha value is -1.10. The summed E-state index contributed by atoms with van der Waals surface area (Å²) in [5.74, 6) is -0.266. The predicted molar refractivity (Wildman–Crippen MR) is 62.0 cm³/mol. The van der Waals surface area contributed by atoms with E-state index in [-0.39, 0.29) is 5.82 Å². The molecule has 0 aliphatic carbocycles. The Kier molecular flexibility index (Phi) is 3.91. The molecule has 90 valence electrons. The third-order valence-electron chi connectivity index (χ3n) is 1.72. The third kappa shape index (κ3) is 4.18. The van der Waals surface area contributed by atoms with Crippen LogP contribution in [0.1, 0.15) is 25.6 Å². The number of ether oxygens (including phenoxy) is 1. The molecule has 0 aromatic carbocycles. The monoisotopic (exact) mass is 245 g/mol. The first-order valence-corrected chi connectivity index (χ1v) is 5.83. The zero-order chi connectivity index (χ0) is 12.3. The van der Waals surface area contributed by atoms with Gasteiger partial charge in [-0.15, -0.1) is 11.3 Å². The summed E-state index contributed by atoms with van der Waals surface area (Å²) in [6.45, 7) is 5.79. The van der Waals surface area contributed by atoms with E-state index in [0.717, 1.165) is 4.88 Å². The van der Waals surface area contributed by atoms with Crippen LogP contribution in [0.4, 0.5) is 9.18 Å². The Morgan fingerprint density at radius 2 is 2.19 bits per heavy atom. The average molecular weight is 245 g/mol. The summed E-state index contributed by atoms with van der Waals surface area (Å²) in [6, 6.07) is 1.42. The van der Waals surface area contributed by atoms with Crippen LogP contribution in [-0.4, -0.2) is 23.6 Å². The van der Waals surface area contributed by atoms with E-state index in [2.05, 4.69) is 0 Å². The molecular weight excluding hydrogens is 229 g/mol. The topological polar surface area (TPSA) is 29.5 Å². The van der Waals surface area contributed by atoms with Crippen molar-refractivity contribution in [2.24, 2.45) is 0 Å². The van der Waals surface area contributed by atoms with E-state index in [1.807, 2.05) is 20.8 Å². The molecule has 0 unspecified atom stereocenters. The van der Waals surface area contributed by atoms with Gasteiger partial charge in [-0.1, -0.05) is 0 Å². The van der Waals surface area contributed by atoms with Crippen LogP contribution < -0.4 is 0 Å². The molecule has 3 nitrogen and oxygen atoms in total. The Balaban J connectivity index is 2.52. The number of thiophene rings is 1. The van der Waals surface area contributed by atoms with Crippen molar-refractivity contribution in [3.05, 3.63) is 22.1 Å². The highest BCUT2D eigenvalue weighted by molar-refractivity contribution is 7.09. The maximum atomic E-state index is 12.7. The Morgan fingerprint density at radius 1 is 1.56 bits per heavy atom. The summed E-state index contributed by atoms with van der Waals surface area (Å²) >= 11 is 1.29. The minimum Gasteiger partial charge on any atom is -0.444 e. The fraction of sp³-hybridized carbons (Fsp3) is 0.545. The van der Waals surface area contributed by atoms with Crippen molar-refractivity contribution in [2.75, 3.05) is 7.05 Å². The van der Waals surface area contributed by atoms with E-state index in [1.165, 1.54) is 27.7 Å². The summed E-state index contributed by atoms with van der Waals surface area (Å²) < 4.78 is 17.9. The van der Waals surface area contributed by atoms with Crippen molar-refractivity contribution < 1.29 is 13.9 Å². The number of hydrogen-bond acceptors (Lipinski definition) is 3. The van der Waals surface area contributed by atoms with Crippen molar-refractivity contribution in [1.82, 2.24) is 4.90 Å². The molecule has 5 heteroatoms. The molecule has 0 saturated carbocycles. The largest absolute Gasteiger partial charge is 0.444 e. The van der Waals surface area contributed by atoms with Crippen molar-refractivity contribution in [3.63, 3.8) is 0 Å². The number of amides is 1. The SMILES string of the molecule is CN(Cc1cc(F)cs1)C(=O)OC(C)(C)C. The molecule has 1 heterocycles. The number of halogens is 1. The van der Waals surface area contributed by atoms with Gasteiger partial charge >= 0.3 is 6.09 Å². The van der Waals surface area contributed by atoms with Gasteiger partial charge in [0, 0.05) is 17.3 Å². The first-order chi connectivity index (χ1) is 7.28. The molecule has 1 rings (SSSR count). The van der Waals surface area contributed by atoms with Gasteiger partial charge in [0.15, 0.2) is 0 Å². The lowest BCUT2D eigenvalue weighted by atomic mass is 10.2. The van der Waals surface area contributed by atoms with Crippen LogP contribution in [0, 0.1) is 5.82 Å². The number of hydrogen-bond donors (Lipinski definition) is 0. The molecule has 16 heavy (non-hydrogen) atoms. The van der Waals surface area contributed by atoms with Crippen LogP contribution in [0.2, 0.25) is 0 Å². The van der Waals surface area contributed by atoms with Gasteiger partial charge in [-0.05, 0) is 26.8 Å². The summed E-state index contributed by atoms with van der Waals surface area (Å²) in [5.41, 5.74) is -0.508. The van der Waals surface area contributed by atoms with E-state index in [0.29, 0.717) is 6.54 Å². The lowest BCUT2D eigenvalue weighted by molar-refractivity contribution is 0.0286. The molecule has 0 fully saturated rings. The van der Waals surface area contributed by atoms with Gasteiger partial charge in [0.1, 0.15) is 11.4 Å². The fourth-order valence-corrected chi connectivity index (χ4v) is 1.86. The molecular formula is C11H16FNO2S. The summed E-state index contributed by atoms with van der Waals surface area (Å²) in [7, 11) is 1.63. The normalized spacial score (nSPS) is 11.3. The molecule has 0 spiro atoms. The standard InChI is InChI=1S/C11H16FNO2S/c1-11(2,3)15-10(14)13(4)6-9-5-8(12)7-16-9/h5,7H,6H2,1-4H3. The Morgan fingerprint density at radius 3 is 2.62 bits per heavy atom. The van der Waals surface area contributed by atoms with Gasteiger partial charge in [-0.3, -0.25) is 0 Å². The summed E-state index contributed by atoms with van der Waals surface area (Å²) in [5, 5.41) is 1.41. The zero-order valence-electron chi connectivity index (χ0n) is 9.91. The maximum Gasteiger partial charge on any atom is 0.410 e. The molecule has 1 amide bonds. The second kappa shape index (κ2) is 4.82. The number of carbonyl (C=O) groups excluding carboxylic acids is 1. The van der Waals surface area contributed by atoms with E-state index >= 15 is 0 Å². The smallest absolute Gasteiger partial charge is 0.410 e. The quantitative estimate of drug-likeness (QED) is 0.800. The van der Waals surface area contributed by atoms with Crippen molar-refractivity contribution >= 4 is 17.4 Å². The zero-order valence-corrected chi connectivity index (χ0v) is 10.7. The predicted octanol–water partition coefficient (Wildman–Crippen LogP) is 3.25. The number of rotatable bonds is 2. The number of nitrogens with zero attached hydrogens (tertiary/aromatic N) is 1. The molecule has 1 aromatic heterocycles. The van der Waals surface area contributed by atoms with Crippen molar-refractivity contribution in [3.8, 4) is 0 Å². The first-order valence-electron chi connectivity index (χ1n) is 4.95. The Bertz CT molecular complexity index is 370. The molecule has 0 aliphatic rings. The number of carbonyl (C=O) groups is 1. The maximum absolute atomic E-state index is 12.7. The molecule has 0 N–H and O–H groups in total. The van der Waals surface area contributed by atoms with Crippen LogP contribution in [0.5, 0.6) is 0 Å². The van der Waals surface area contributed by atoms with Crippen LogP contribution in [-0.2, 0) is 11.3 Å². The van der Waals surface area contributed by atoms with Gasteiger partial charge < -0.3 is 9.64 Å². The molecule has 0 atom stereocenters. The first kappa shape index (κ1) is 13.0. The summed E-state index contributed by atoms with van der Waals surface area (Å²) in [6.07, 6.45) is -0.402.